The number of hydrogen-bond donors (Lipinski definition) is 3. The summed E-state index contributed by atoms with van der Waals surface area (Å²) in [7, 11) is -3.87. The molecular formula is C31H23N3O4S3. The summed E-state index contributed by atoms with van der Waals surface area (Å²) < 4.78 is 29.4. The van der Waals surface area contributed by atoms with Crippen LogP contribution in [0.3, 0.4) is 0 Å². The van der Waals surface area contributed by atoms with Crippen LogP contribution in [0, 0.1) is 0 Å². The van der Waals surface area contributed by atoms with E-state index in [1.165, 1.54) is 11.8 Å². The topological polar surface area (TPSA) is 112 Å². The zero-order valence-electron chi connectivity index (χ0n) is 21.6. The van der Waals surface area contributed by atoms with Crippen molar-refractivity contribution in [2.45, 2.75) is 9.37 Å². The number of phenolic OH excluding ortho intramolecular Hbond substituents is 2. The molecule has 0 amide bonds. The minimum absolute atomic E-state index is 0.0833. The summed E-state index contributed by atoms with van der Waals surface area (Å²) in [6.45, 7) is 0. The number of thiophene rings is 1. The van der Waals surface area contributed by atoms with Gasteiger partial charge in [-0.2, -0.15) is 0 Å². The predicted octanol–water partition coefficient (Wildman–Crippen LogP) is 7.63. The quantitative estimate of drug-likeness (QED) is 0.128. The average Bonchev–Trinajstić information content (AvgIpc) is 3.49. The van der Waals surface area contributed by atoms with Crippen molar-refractivity contribution < 1.29 is 18.6 Å². The van der Waals surface area contributed by atoms with E-state index in [1.807, 2.05) is 42.7 Å². The maximum Gasteiger partial charge on any atom is 0.271 e. The number of phenols is 2. The molecule has 0 saturated carbocycles. The summed E-state index contributed by atoms with van der Waals surface area (Å²) >= 11 is 2.55. The molecule has 41 heavy (non-hydrogen) atoms. The van der Waals surface area contributed by atoms with Crippen LogP contribution in [0.5, 0.6) is 11.5 Å². The van der Waals surface area contributed by atoms with Crippen molar-refractivity contribution in [3.63, 3.8) is 0 Å². The Morgan fingerprint density at radius 3 is 2.46 bits per heavy atom. The van der Waals surface area contributed by atoms with E-state index >= 15 is 0 Å². The van der Waals surface area contributed by atoms with Crippen LogP contribution in [0.15, 0.2) is 113 Å². The van der Waals surface area contributed by atoms with Gasteiger partial charge in [0.1, 0.15) is 15.7 Å². The lowest BCUT2D eigenvalue weighted by atomic mass is 9.94. The fourth-order valence-corrected chi connectivity index (χ4v) is 7.29. The fraction of sp³-hybridized carbons (Fsp3) is 0.0323. The molecule has 0 spiro atoms. The molecule has 0 radical (unpaired) electrons. The number of benzene rings is 4. The number of aromatic nitrogens is 2. The number of nitrogens with zero attached hydrogens (tertiary/aromatic N) is 2. The Kier molecular flexibility index (Phi) is 7.12. The van der Waals surface area contributed by atoms with E-state index in [4.69, 9.17) is 0 Å². The fourth-order valence-electron chi connectivity index (χ4n) is 4.61. The number of fused-ring (bicyclic) bond motifs is 1. The molecule has 0 fully saturated rings. The highest BCUT2D eigenvalue weighted by atomic mass is 32.2. The Labute approximate surface area is 245 Å². The minimum atomic E-state index is -3.87. The van der Waals surface area contributed by atoms with Crippen molar-refractivity contribution in [3.05, 3.63) is 103 Å². The first-order valence-corrected chi connectivity index (χ1v) is 16.0. The Bertz CT molecular complexity index is 2020. The maximum absolute atomic E-state index is 13.3. The maximum atomic E-state index is 13.3. The van der Waals surface area contributed by atoms with Crippen LogP contribution in [0.2, 0.25) is 0 Å². The third kappa shape index (κ3) is 5.49. The van der Waals surface area contributed by atoms with E-state index in [0.29, 0.717) is 27.7 Å². The van der Waals surface area contributed by atoms with Gasteiger partial charge in [0.25, 0.3) is 10.0 Å². The average molecular weight is 598 g/mol. The molecular weight excluding hydrogens is 575 g/mol. The van der Waals surface area contributed by atoms with Gasteiger partial charge in [-0.3, -0.25) is 4.72 Å². The Hall–Kier alpha value is -4.38. The smallest absolute Gasteiger partial charge is 0.271 e. The second-order valence-electron chi connectivity index (χ2n) is 9.18. The van der Waals surface area contributed by atoms with Crippen LogP contribution in [0.25, 0.3) is 43.6 Å². The molecule has 0 aliphatic rings. The van der Waals surface area contributed by atoms with Crippen molar-refractivity contribution in [2.75, 3.05) is 11.0 Å². The highest BCUT2D eigenvalue weighted by Gasteiger charge is 2.19. The Morgan fingerprint density at radius 1 is 0.829 bits per heavy atom. The van der Waals surface area contributed by atoms with Crippen LogP contribution in [0.1, 0.15) is 0 Å². The van der Waals surface area contributed by atoms with Crippen molar-refractivity contribution >= 4 is 49.6 Å². The normalized spacial score (nSPS) is 11.5. The molecule has 6 rings (SSSR count). The summed E-state index contributed by atoms with van der Waals surface area (Å²) in [5.41, 5.74) is 4.09. The standard InChI is InChI=1S/C31H23N3O4S3/c1-39-31-32-15-14-26(33-31)28-12-13-29(40-28)41(37,38)34-23-6-2-5-22(17-23)30-25-10-8-20(16-21(25)9-11-27(30)36)19-4-3-7-24(35)18-19/h2-18,34-36H,1H3. The molecule has 0 aliphatic carbocycles. The number of rotatable bonds is 7. The summed E-state index contributed by atoms with van der Waals surface area (Å²) in [6, 6.07) is 28.4. The van der Waals surface area contributed by atoms with Crippen molar-refractivity contribution in [1.29, 1.82) is 0 Å². The largest absolute Gasteiger partial charge is 0.508 e. The molecule has 204 valence electrons. The first-order chi connectivity index (χ1) is 19.8. The number of nitrogens with one attached hydrogen (secondary N) is 1. The van der Waals surface area contributed by atoms with Crippen molar-refractivity contribution in [1.82, 2.24) is 9.97 Å². The number of anilines is 1. The molecule has 3 N–H and O–H groups in total. The second-order valence-corrected chi connectivity index (χ2v) is 12.9. The van der Waals surface area contributed by atoms with Gasteiger partial charge in [0, 0.05) is 17.4 Å². The second kappa shape index (κ2) is 10.9. The summed E-state index contributed by atoms with van der Waals surface area (Å²) in [5, 5.41) is 23.1. The lowest BCUT2D eigenvalue weighted by molar-refractivity contribution is 0.475. The molecule has 0 aliphatic heterocycles. The van der Waals surface area contributed by atoms with Gasteiger partial charge in [-0.05, 0) is 88.3 Å². The zero-order chi connectivity index (χ0) is 28.6. The lowest BCUT2D eigenvalue weighted by Crippen LogP contribution is -2.11. The molecule has 6 aromatic rings. The first-order valence-electron chi connectivity index (χ1n) is 12.5. The van der Waals surface area contributed by atoms with Crippen LogP contribution in [-0.4, -0.2) is 34.9 Å². The molecule has 0 atom stereocenters. The number of hydrogen-bond acceptors (Lipinski definition) is 8. The Balaban J connectivity index is 1.32. The molecule has 4 aromatic carbocycles. The number of thioether (sulfide) groups is 1. The predicted molar refractivity (Wildman–Crippen MR) is 166 cm³/mol. The van der Waals surface area contributed by atoms with E-state index in [1.54, 1.807) is 66.9 Å². The van der Waals surface area contributed by atoms with Crippen LogP contribution in [-0.2, 0) is 10.0 Å². The number of sulfonamides is 1. The Morgan fingerprint density at radius 2 is 1.63 bits per heavy atom. The van der Waals surface area contributed by atoms with E-state index in [2.05, 4.69) is 14.7 Å². The summed E-state index contributed by atoms with van der Waals surface area (Å²) in [6.07, 6.45) is 3.54. The van der Waals surface area contributed by atoms with Crippen LogP contribution < -0.4 is 4.72 Å². The van der Waals surface area contributed by atoms with E-state index in [9.17, 15) is 18.6 Å². The SMILES string of the molecule is CSc1nccc(-c2ccc(S(=O)(=O)Nc3cccc(-c4c(O)ccc5cc(-c6cccc(O)c6)ccc45)c3)s2)n1. The summed E-state index contributed by atoms with van der Waals surface area (Å²) in [5.74, 6) is 0.269. The third-order valence-corrected chi connectivity index (χ3v) is 10.0. The zero-order valence-corrected chi connectivity index (χ0v) is 24.1. The third-order valence-electron chi connectivity index (χ3n) is 6.50. The highest BCUT2D eigenvalue weighted by Crippen LogP contribution is 2.39. The minimum Gasteiger partial charge on any atom is -0.508 e. The van der Waals surface area contributed by atoms with Crippen molar-refractivity contribution in [3.8, 4) is 44.3 Å². The molecule has 2 heterocycles. The van der Waals surface area contributed by atoms with Gasteiger partial charge in [0.05, 0.1) is 10.6 Å². The van der Waals surface area contributed by atoms with Gasteiger partial charge in [0.2, 0.25) is 0 Å². The van der Waals surface area contributed by atoms with Gasteiger partial charge in [-0.1, -0.05) is 54.2 Å². The monoisotopic (exact) mass is 597 g/mol. The van der Waals surface area contributed by atoms with Gasteiger partial charge in [-0.15, -0.1) is 11.3 Å². The first kappa shape index (κ1) is 26.8. The van der Waals surface area contributed by atoms with E-state index < -0.39 is 10.0 Å². The molecule has 2 aromatic heterocycles. The van der Waals surface area contributed by atoms with Crippen molar-refractivity contribution in [2.24, 2.45) is 0 Å². The number of aromatic hydroxyl groups is 2. The lowest BCUT2D eigenvalue weighted by Gasteiger charge is -2.13. The molecule has 0 saturated heterocycles. The van der Waals surface area contributed by atoms with E-state index in [-0.39, 0.29) is 15.7 Å². The van der Waals surface area contributed by atoms with Gasteiger partial charge in [0.15, 0.2) is 5.16 Å². The van der Waals surface area contributed by atoms with Crippen LogP contribution in [0.4, 0.5) is 5.69 Å². The van der Waals surface area contributed by atoms with Gasteiger partial charge < -0.3 is 10.2 Å². The van der Waals surface area contributed by atoms with Crippen LogP contribution >= 0.6 is 23.1 Å². The summed E-state index contributed by atoms with van der Waals surface area (Å²) in [4.78, 5) is 9.36. The molecule has 7 nitrogen and oxygen atoms in total. The molecule has 0 bridgehead atoms. The van der Waals surface area contributed by atoms with E-state index in [0.717, 1.165) is 38.1 Å². The molecule has 0 unspecified atom stereocenters. The van der Waals surface area contributed by atoms with Gasteiger partial charge >= 0.3 is 0 Å². The molecule has 10 heteroatoms. The highest BCUT2D eigenvalue weighted by molar-refractivity contribution is 7.98. The van der Waals surface area contributed by atoms with Gasteiger partial charge in [-0.25, -0.2) is 18.4 Å².